The molecule has 1 saturated heterocycles. The summed E-state index contributed by atoms with van der Waals surface area (Å²) in [6.45, 7) is 0.637. The van der Waals surface area contributed by atoms with E-state index in [4.69, 9.17) is 9.94 Å². The molecular weight excluding hydrogens is 396 g/mol. The maximum atomic E-state index is 13.0. The van der Waals surface area contributed by atoms with Gasteiger partial charge in [0.2, 0.25) is 0 Å². The molecule has 0 atom stereocenters. The number of hydrogen-bond donors (Lipinski definition) is 3. The number of ether oxygens (including phenoxy) is 1. The molecule has 0 saturated carbocycles. The molecule has 0 spiro atoms. The van der Waals surface area contributed by atoms with Gasteiger partial charge in [0.05, 0.1) is 11.7 Å². The maximum absolute atomic E-state index is 13.0. The molecule has 4 rings (SSSR count). The molecule has 0 unspecified atom stereocenters. The number of aliphatic hydroxyl groups excluding tert-OH is 1. The molecule has 3 aromatic rings. The molecule has 7 heteroatoms. The Kier molecular flexibility index (Phi) is 5.97. The number of hydroxylamine groups is 1. The molecule has 0 aromatic heterocycles. The molecule has 0 aliphatic carbocycles. The van der Waals surface area contributed by atoms with Crippen molar-refractivity contribution in [2.75, 3.05) is 19.7 Å². The summed E-state index contributed by atoms with van der Waals surface area (Å²) in [4.78, 5) is 26.0. The van der Waals surface area contributed by atoms with Gasteiger partial charge < -0.3 is 14.7 Å². The van der Waals surface area contributed by atoms with E-state index in [9.17, 15) is 14.7 Å². The van der Waals surface area contributed by atoms with Crippen molar-refractivity contribution in [3.05, 3.63) is 83.4 Å². The standard InChI is InChI=1S/C24H22N2O5/c27-20-13-26(14-20)24(29)19(12-16-8-10-18(11-9-16)23(28)25-30)15-31-22-7-3-5-17-4-1-2-6-21(17)22/h1-12,20,27,30H,13-15H2,(H,25,28)/b19-12+. The van der Waals surface area contributed by atoms with E-state index in [1.54, 1.807) is 40.7 Å². The number of nitrogens with one attached hydrogen (secondary N) is 1. The van der Waals surface area contributed by atoms with Gasteiger partial charge in [0, 0.05) is 24.0 Å². The minimum absolute atomic E-state index is 0.0539. The first kappa shape index (κ1) is 20.6. The SMILES string of the molecule is O=C(NO)c1ccc(/C=C(\COc2cccc3ccccc23)C(=O)N2CC(O)C2)cc1. The van der Waals surface area contributed by atoms with Crippen LogP contribution < -0.4 is 10.2 Å². The zero-order chi connectivity index (χ0) is 21.8. The van der Waals surface area contributed by atoms with Crippen LogP contribution in [0.4, 0.5) is 0 Å². The number of nitrogens with zero attached hydrogens (tertiary/aromatic N) is 1. The molecule has 7 nitrogen and oxygen atoms in total. The van der Waals surface area contributed by atoms with Gasteiger partial charge in [0.15, 0.2) is 0 Å². The molecule has 1 fully saturated rings. The Hall–Kier alpha value is -3.68. The Bertz CT molecular complexity index is 1130. The van der Waals surface area contributed by atoms with Crippen molar-refractivity contribution >= 4 is 28.7 Å². The molecule has 1 aliphatic rings. The van der Waals surface area contributed by atoms with E-state index in [-0.39, 0.29) is 12.5 Å². The second-order valence-electron chi connectivity index (χ2n) is 7.36. The first-order valence-corrected chi connectivity index (χ1v) is 9.88. The van der Waals surface area contributed by atoms with Crippen LogP contribution in [0.15, 0.2) is 72.3 Å². The summed E-state index contributed by atoms with van der Waals surface area (Å²) in [6.07, 6.45) is 1.21. The van der Waals surface area contributed by atoms with Gasteiger partial charge in [-0.25, -0.2) is 5.48 Å². The van der Waals surface area contributed by atoms with E-state index in [0.717, 1.165) is 10.8 Å². The fourth-order valence-corrected chi connectivity index (χ4v) is 3.46. The number of carbonyl (C=O) groups excluding carboxylic acids is 2. The highest BCUT2D eigenvalue weighted by atomic mass is 16.5. The van der Waals surface area contributed by atoms with Crippen LogP contribution in [0.2, 0.25) is 0 Å². The lowest BCUT2D eigenvalue weighted by atomic mass is 10.1. The lowest BCUT2D eigenvalue weighted by molar-refractivity contribution is -0.137. The molecule has 0 radical (unpaired) electrons. The van der Waals surface area contributed by atoms with Crippen LogP contribution in [0.5, 0.6) is 5.75 Å². The first-order chi connectivity index (χ1) is 15.0. The van der Waals surface area contributed by atoms with Crippen molar-refractivity contribution < 1.29 is 24.6 Å². The molecule has 0 bridgehead atoms. The second-order valence-corrected chi connectivity index (χ2v) is 7.36. The summed E-state index contributed by atoms with van der Waals surface area (Å²) in [5.74, 6) is -0.140. The summed E-state index contributed by atoms with van der Waals surface area (Å²) in [5, 5.41) is 20.3. The van der Waals surface area contributed by atoms with Crippen molar-refractivity contribution in [2.45, 2.75) is 6.10 Å². The van der Waals surface area contributed by atoms with Gasteiger partial charge >= 0.3 is 0 Å². The van der Waals surface area contributed by atoms with E-state index in [0.29, 0.717) is 35.5 Å². The van der Waals surface area contributed by atoms with Crippen LogP contribution in [0.25, 0.3) is 16.8 Å². The van der Waals surface area contributed by atoms with Gasteiger partial charge in [0.1, 0.15) is 12.4 Å². The fraction of sp³-hybridized carbons (Fsp3) is 0.167. The van der Waals surface area contributed by atoms with Crippen LogP contribution in [0.3, 0.4) is 0 Å². The number of rotatable bonds is 6. The molecule has 158 valence electrons. The normalized spacial score (nSPS) is 14.3. The largest absolute Gasteiger partial charge is 0.488 e. The Labute approximate surface area is 179 Å². The summed E-state index contributed by atoms with van der Waals surface area (Å²) >= 11 is 0. The smallest absolute Gasteiger partial charge is 0.274 e. The van der Waals surface area contributed by atoms with E-state index in [1.807, 2.05) is 42.5 Å². The number of fused-ring (bicyclic) bond motifs is 1. The van der Waals surface area contributed by atoms with Crippen LogP contribution in [0, 0.1) is 0 Å². The third-order valence-corrected chi connectivity index (χ3v) is 5.17. The molecule has 2 amide bonds. The van der Waals surface area contributed by atoms with E-state index in [2.05, 4.69) is 0 Å². The highest BCUT2D eigenvalue weighted by Gasteiger charge is 2.30. The maximum Gasteiger partial charge on any atom is 0.274 e. The fourth-order valence-electron chi connectivity index (χ4n) is 3.46. The minimum Gasteiger partial charge on any atom is -0.488 e. The van der Waals surface area contributed by atoms with E-state index in [1.165, 1.54) is 0 Å². The van der Waals surface area contributed by atoms with Crippen molar-refractivity contribution in [1.29, 1.82) is 0 Å². The Balaban J connectivity index is 1.59. The average Bonchev–Trinajstić information content (AvgIpc) is 2.79. The number of amides is 2. The Morgan fingerprint density at radius 2 is 1.74 bits per heavy atom. The molecular formula is C24H22N2O5. The van der Waals surface area contributed by atoms with Crippen molar-refractivity contribution in [1.82, 2.24) is 10.4 Å². The first-order valence-electron chi connectivity index (χ1n) is 9.88. The summed E-state index contributed by atoms with van der Waals surface area (Å²) < 4.78 is 6.02. The predicted molar refractivity (Wildman–Crippen MR) is 116 cm³/mol. The third-order valence-electron chi connectivity index (χ3n) is 5.17. The van der Waals surface area contributed by atoms with E-state index >= 15 is 0 Å². The van der Waals surface area contributed by atoms with Gasteiger partial charge in [-0.15, -0.1) is 0 Å². The zero-order valence-electron chi connectivity index (χ0n) is 16.7. The molecule has 1 heterocycles. The van der Waals surface area contributed by atoms with Crippen molar-refractivity contribution in [3.63, 3.8) is 0 Å². The summed E-state index contributed by atoms with van der Waals surface area (Å²) in [7, 11) is 0. The average molecular weight is 418 g/mol. The highest BCUT2D eigenvalue weighted by molar-refractivity contribution is 5.99. The molecule has 31 heavy (non-hydrogen) atoms. The van der Waals surface area contributed by atoms with E-state index < -0.39 is 12.0 Å². The number of β-amino-alcohol motifs (C(OH)–C–C–N with tert-alkyl or cyclic N) is 1. The van der Waals surface area contributed by atoms with Crippen LogP contribution in [-0.2, 0) is 4.79 Å². The van der Waals surface area contributed by atoms with Crippen molar-refractivity contribution in [3.8, 4) is 5.75 Å². The highest BCUT2D eigenvalue weighted by Crippen LogP contribution is 2.26. The Morgan fingerprint density at radius 3 is 2.45 bits per heavy atom. The monoisotopic (exact) mass is 418 g/mol. The predicted octanol–water partition coefficient (Wildman–Crippen LogP) is 2.62. The van der Waals surface area contributed by atoms with Gasteiger partial charge in [-0.2, -0.15) is 0 Å². The summed E-state index contributed by atoms with van der Waals surface area (Å²) in [5.41, 5.74) is 3.02. The van der Waals surface area contributed by atoms with Gasteiger partial charge in [-0.05, 0) is 35.2 Å². The quantitative estimate of drug-likeness (QED) is 0.325. The Morgan fingerprint density at radius 1 is 1.03 bits per heavy atom. The van der Waals surface area contributed by atoms with Gasteiger partial charge in [0.25, 0.3) is 11.8 Å². The lowest BCUT2D eigenvalue weighted by Crippen LogP contribution is -2.54. The molecule has 3 aromatic carbocycles. The van der Waals surface area contributed by atoms with Crippen LogP contribution in [0.1, 0.15) is 15.9 Å². The number of carbonyl (C=O) groups is 2. The minimum atomic E-state index is -0.610. The van der Waals surface area contributed by atoms with Crippen molar-refractivity contribution in [2.24, 2.45) is 0 Å². The third kappa shape index (κ3) is 4.58. The number of aliphatic hydroxyl groups is 1. The summed E-state index contributed by atoms with van der Waals surface area (Å²) in [6, 6.07) is 20.1. The number of likely N-dealkylation sites (tertiary alicyclic amines) is 1. The van der Waals surface area contributed by atoms with Crippen LogP contribution in [-0.4, -0.2) is 52.8 Å². The zero-order valence-corrected chi connectivity index (χ0v) is 16.7. The second kappa shape index (κ2) is 8.99. The molecule has 3 N–H and O–H groups in total. The van der Waals surface area contributed by atoms with Crippen LogP contribution >= 0.6 is 0 Å². The van der Waals surface area contributed by atoms with Gasteiger partial charge in [-0.3, -0.25) is 14.8 Å². The topological polar surface area (TPSA) is 99.1 Å². The number of benzene rings is 3. The molecule has 1 aliphatic heterocycles. The lowest BCUT2D eigenvalue weighted by Gasteiger charge is -2.36. The number of hydrogen-bond acceptors (Lipinski definition) is 5. The van der Waals surface area contributed by atoms with Gasteiger partial charge in [-0.1, -0.05) is 48.5 Å².